The SMILES string of the molecule is CC(Sc1nc2ccc(Cl)cc2[nH]1)C(=O)NCc1ccc(F)cc1. The summed E-state index contributed by atoms with van der Waals surface area (Å²) in [5.74, 6) is -0.401. The van der Waals surface area contributed by atoms with Crippen LogP contribution in [0.15, 0.2) is 47.6 Å². The van der Waals surface area contributed by atoms with Gasteiger partial charge in [-0.15, -0.1) is 0 Å². The Bertz CT molecular complexity index is 866. The van der Waals surface area contributed by atoms with Gasteiger partial charge in [0.1, 0.15) is 5.82 Å². The molecule has 0 aliphatic carbocycles. The van der Waals surface area contributed by atoms with E-state index in [9.17, 15) is 9.18 Å². The highest BCUT2D eigenvalue weighted by atomic mass is 35.5. The number of imidazole rings is 1. The standard InChI is InChI=1S/C17H15ClFN3OS/c1-10(16(23)20-9-11-2-5-13(19)6-3-11)24-17-21-14-7-4-12(18)8-15(14)22-17/h2-8,10H,9H2,1H3,(H,20,23)(H,21,22). The fourth-order valence-electron chi connectivity index (χ4n) is 2.17. The molecular weight excluding hydrogens is 349 g/mol. The van der Waals surface area contributed by atoms with Crippen LogP contribution in [0.2, 0.25) is 5.02 Å². The van der Waals surface area contributed by atoms with Gasteiger partial charge in [0.25, 0.3) is 0 Å². The molecule has 1 aromatic heterocycles. The van der Waals surface area contributed by atoms with Crippen LogP contribution in [0.1, 0.15) is 12.5 Å². The van der Waals surface area contributed by atoms with Crippen molar-refractivity contribution in [2.75, 3.05) is 0 Å². The Labute approximate surface area is 147 Å². The summed E-state index contributed by atoms with van der Waals surface area (Å²) in [7, 11) is 0. The summed E-state index contributed by atoms with van der Waals surface area (Å²) >= 11 is 7.29. The maximum absolute atomic E-state index is 12.9. The van der Waals surface area contributed by atoms with Crippen LogP contribution in [0.25, 0.3) is 11.0 Å². The van der Waals surface area contributed by atoms with Gasteiger partial charge in [-0.1, -0.05) is 35.5 Å². The topological polar surface area (TPSA) is 57.8 Å². The Morgan fingerprint density at radius 2 is 2.08 bits per heavy atom. The van der Waals surface area contributed by atoms with Gasteiger partial charge in [-0.2, -0.15) is 0 Å². The first-order valence-corrected chi connectivity index (χ1v) is 8.61. The molecule has 0 aliphatic heterocycles. The number of nitrogens with zero attached hydrogens (tertiary/aromatic N) is 1. The largest absolute Gasteiger partial charge is 0.351 e. The summed E-state index contributed by atoms with van der Waals surface area (Å²) in [4.78, 5) is 19.8. The summed E-state index contributed by atoms with van der Waals surface area (Å²) in [5.41, 5.74) is 2.49. The van der Waals surface area contributed by atoms with Crippen molar-refractivity contribution in [3.63, 3.8) is 0 Å². The lowest BCUT2D eigenvalue weighted by molar-refractivity contribution is -0.120. The number of amides is 1. The average molecular weight is 364 g/mol. The fraction of sp³-hybridized carbons (Fsp3) is 0.176. The van der Waals surface area contributed by atoms with Crippen molar-refractivity contribution in [2.45, 2.75) is 23.9 Å². The molecule has 0 fully saturated rings. The summed E-state index contributed by atoms with van der Waals surface area (Å²) < 4.78 is 12.9. The van der Waals surface area contributed by atoms with E-state index >= 15 is 0 Å². The van der Waals surface area contributed by atoms with E-state index in [-0.39, 0.29) is 17.0 Å². The van der Waals surface area contributed by atoms with Gasteiger partial charge >= 0.3 is 0 Å². The van der Waals surface area contributed by atoms with E-state index in [1.807, 2.05) is 13.0 Å². The molecule has 4 nitrogen and oxygen atoms in total. The van der Waals surface area contributed by atoms with Crippen LogP contribution in [-0.4, -0.2) is 21.1 Å². The molecule has 0 saturated carbocycles. The van der Waals surface area contributed by atoms with Crippen molar-refractivity contribution in [1.29, 1.82) is 0 Å². The minimum Gasteiger partial charge on any atom is -0.351 e. The zero-order chi connectivity index (χ0) is 17.1. The molecule has 1 heterocycles. The van der Waals surface area contributed by atoms with Gasteiger partial charge in [0.05, 0.1) is 16.3 Å². The van der Waals surface area contributed by atoms with Crippen molar-refractivity contribution in [2.24, 2.45) is 0 Å². The van der Waals surface area contributed by atoms with E-state index < -0.39 is 0 Å². The first kappa shape index (κ1) is 16.8. The molecule has 7 heteroatoms. The second kappa shape index (κ2) is 7.23. The number of benzene rings is 2. The zero-order valence-electron chi connectivity index (χ0n) is 12.8. The number of halogens is 2. The highest BCUT2D eigenvalue weighted by Crippen LogP contribution is 2.25. The summed E-state index contributed by atoms with van der Waals surface area (Å²) in [6.45, 7) is 2.17. The molecule has 0 radical (unpaired) electrons. The second-order valence-corrected chi connectivity index (χ2v) is 7.07. The molecule has 24 heavy (non-hydrogen) atoms. The third kappa shape index (κ3) is 4.07. The van der Waals surface area contributed by atoms with Crippen molar-refractivity contribution >= 4 is 40.3 Å². The van der Waals surface area contributed by atoms with Crippen LogP contribution < -0.4 is 5.32 Å². The molecule has 3 aromatic rings. The summed E-state index contributed by atoms with van der Waals surface area (Å²) in [6, 6.07) is 11.5. The molecule has 1 amide bonds. The first-order chi connectivity index (χ1) is 11.5. The van der Waals surface area contributed by atoms with Gasteiger partial charge in [-0.3, -0.25) is 4.79 Å². The van der Waals surface area contributed by atoms with E-state index in [1.54, 1.807) is 24.3 Å². The van der Waals surface area contributed by atoms with Gasteiger partial charge in [-0.25, -0.2) is 9.37 Å². The van der Waals surface area contributed by atoms with Gasteiger partial charge in [0, 0.05) is 11.6 Å². The Hall–Kier alpha value is -2.05. The lowest BCUT2D eigenvalue weighted by Gasteiger charge is -2.10. The summed E-state index contributed by atoms with van der Waals surface area (Å²) in [5, 5.41) is 3.81. The summed E-state index contributed by atoms with van der Waals surface area (Å²) in [6.07, 6.45) is 0. The van der Waals surface area contributed by atoms with E-state index in [2.05, 4.69) is 15.3 Å². The Kier molecular flexibility index (Phi) is 5.06. The van der Waals surface area contributed by atoms with Gasteiger partial charge < -0.3 is 10.3 Å². The molecule has 124 valence electrons. The third-order valence-electron chi connectivity index (χ3n) is 3.46. The van der Waals surface area contributed by atoms with Crippen molar-refractivity contribution in [1.82, 2.24) is 15.3 Å². The lowest BCUT2D eigenvalue weighted by Crippen LogP contribution is -2.30. The van der Waals surface area contributed by atoms with Crippen LogP contribution in [0.4, 0.5) is 4.39 Å². The monoisotopic (exact) mass is 363 g/mol. The van der Waals surface area contributed by atoms with Crippen LogP contribution in [0.3, 0.4) is 0 Å². The molecule has 1 atom stereocenters. The molecule has 0 bridgehead atoms. The van der Waals surface area contributed by atoms with Crippen LogP contribution in [-0.2, 0) is 11.3 Å². The number of fused-ring (bicyclic) bond motifs is 1. The zero-order valence-corrected chi connectivity index (χ0v) is 14.4. The third-order valence-corrected chi connectivity index (χ3v) is 4.68. The molecule has 2 N–H and O–H groups in total. The maximum atomic E-state index is 12.9. The quantitative estimate of drug-likeness (QED) is 0.669. The maximum Gasteiger partial charge on any atom is 0.233 e. The fourth-order valence-corrected chi connectivity index (χ4v) is 3.19. The number of H-pyrrole nitrogens is 1. The lowest BCUT2D eigenvalue weighted by atomic mass is 10.2. The van der Waals surface area contributed by atoms with E-state index in [0.29, 0.717) is 16.7 Å². The predicted molar refractivity (Wildman–Crippen MR) is 94.7 cm³/mol. The Morgan fingerprint density at radius 1 is 1.33 bits per heavy atom. The number of aromatic nitrogens is 2. The first-order valence-electron chi connectivity index (χ1n) is 7.35. The Balaban J connectivity index is 1.59. The highest BCUT2D eigenvalue weighted by Gasteiger charge is 2.16. The van der Waals surface area contributed by atoms with Crippen LogP contribution >= 0.6 is 23.4 Å². The van der Waals surface area contributed by atoms with Crippen molar-refractivity contribution in [3.05, 3.63) is 58.9 Å². The number of rotatable bonds is 5. The number of hydrogen-bond acceptors (Lipinski definition) is 3. The Morgan fingerprint density at radius 3 is 2.83 bits per heavy atom. The minimum absolute atomic E-state index is 0.109. The average Bonchev–Trinajstić information content (AvgIpc) is 2.95. The second-order valence-electron chi connectivity index (χ2n) is 5.31. The number of nitrogens with one attached hydrogen (secondary N) is 2. The van der Waals surface area contributed by atoms with Crippen molar-refractivity contribution in [3.8, 4) is 0 Å². The normalized spacial score (nSPS) is 12.3. The molecule has 3 rings (SSSR count). The van der Waals surface area contributed by atoms with E-state index in [4.69, 9.17) is 11.6 Å². The molecule has 1 unspecified atom stereocenters. The molecule has 0 saturated heterocycles. The number of thioether (sulfide) groups is 1. The number of hydrogen-bond donors (Lipinski definition) is 2. The van der Waals surface area contributed by atoms with Crippen molar-refractivity contribution < 1.29 is 9.18 Å². The van der Waals surface area contributed by atoms with Crippen LogP contribution in [0, 0.1) is 5.82 Å². The minimum atomic E-state index is -0.318. The molecular formula is C17H15ClFN3OS. The van der Waals surface area contributed by atoms with Gasteiger partial charge in [0.15, 0.2) is 5.16 Å². The highest BCUT2D eigenvalue weighted by molar-refractivity contribution is 8.00. The van der Waals surface area contributed by atoms with E-state index in [0.717, 1.165) is 16.6 Å². The molecule has 0 aliphatic rings. The van der Waals surface area contributed by atoms with Gasteiger partial charge in [-0.05, 0) is 42.8 Å². The van der Waals surface area contributed by atoms with Crippen LogP contribution in [0.5, 0.6) is 0 Å². The number of aromatic amines is 1. The number of carbonyl (C=O) groups excluding carboxylic acids is 1. The van der Waals surface area contributed by atoms with Gasteiger partial charge in [0.2, 0.25) is 5.91 Å². The molecule has 0 spiro atoms. The number of carbonyl (C=O) groups is 1. The smallest absolute Gasteiger partial charge is 0.233 e. The molecule has 2 aromatic carbocycles. The van der Waals surface area contributed by atoms with E-state index in [1.165, 1.54) is 23.9 Å². The predicted octanol–water partition coefficient (Wildman–Crippen LogP) is 4.15.